The van der Waals surface area contributed by atoms with Gasteiger partial charge in [-0.25, -0.2) is 8.78 Å². The predicted octanol–water partition coefficient (Wildman–Crippen LogP) is 1.65. The van der Waals surface area contributed by atoms with E-state index in [1.165, 1.54) is 13.0 Å². The molecule has 0 fully saturated rings. The number of aliphatic hydroxyl groups is 1. The van der Waals surface area contributed by atoms with Crippen molar-refractivity contribution in [2.24, 2.45) is 5.73 Å². The average molecular weight is 201 g/mol. The fourth-order valence-electron chi connectivity index (χ4n) is 1.19. The summed E-state index contributed by atoms with van der Waals surface area (Å²) < 4.78 is 26.1. The molecule has 14 heavy (non-hydrogen) atoms. The van der Waals surface area contributed by atoms with Crippen molar-refractivity contribution >= 4 is 0 Å². The van der Waals surface area contributed by atoms with Gasteiger partial charge in [-0.2, -0.15) is 0 Å². The molecular weight excluding hydrogens is 188 g/mol. The number of hydrogen-bond donors (Lipinski definition) is 2. The lowest BCUT2D eigenvalue weighted by Crippen LogP contribution is -2.25. The molecule has 0 bridgehead atoms. The largest absolute Gasteiger partial charge is 0.387 e. The van der Waals surface area contributed by atoms with E-state index in [2.05, 4.69) is 0 Å². The minimum absolute atomic E-state index is 0.0406. The van der Waals surface area contributed by atoms with Crippen molar-refractivity contribution in [1.29, 1.82) is 0 Å². The maximum atomic E-state index is 13.2. The molecule has 0 amide bonds. The molecule has 0 aliphatic carbocycles. The molecule has 2 atom stereocenters. The maximum Gasteiger partial charge on any atom is 0.131 e. The lowest BCUT2D eigenvalue weighted by molar-refractivity contribution is 0.148. The minimum Gasteiger partial charge on any atom is -0.387 e. The highest BCUT2D eigenvalue weighted by atomic mass is 19.1. The zero-order chi connectivity index (χ0) is 10.9. The number of aliphatic hydroxyl groups excluding tert-OH is 1. The summed E-state index contributed by atoms with van der Waals surface area (Å²) in [4.78, 5) is 0. The SMILES string of the molecule is Cc1cc([C@@H](O)[C@H](C)N)c(F)cc1F. The van der Waals surface area contributed by atoms with E-state index in [0.717, 1.165) is 6.07 Å². The van der Waals surface area contributed by atoms with Crippen LogP contribution in [0.15, 0.2) is 12.1 Å². The third-order valence-corrected chi connectivity index (χ3v) is 2.09. The van der Waals surface area contributed by atoms with Crippen LogP contribution < -0.4 is 5.73 Å². The normalized spacial score (nSPS) is 15.3. The van der Waals surface area contributed by atoms with Crippen LogP contribution in [0.2, 0.25) is 0 Å². The van der Waals surface area contributed by atoms with Crippen LogP contribution in [0, 0.1) is 18.6 Å². The highest BCUT2D eigenvalue weighted by Crippen LogP contribution is 2.22. The van der Waals surface area contributed by atoms with Crippen LogP contribution in [-0.4, -0.2) is 11.1 Å². The second-order valence-electron chi connectivity index (χ2n) is 3.43. The zero-order valence-corrected chi connectivity index (χ0v) is 8.09. The number of nitrogens with two attached hydrogens (primary N) is 1. The van der Waals surface area contributed by atoms with Crippen molar-refractivity contribution in [1.82, 2.24) is 0 Å². The van der Waals surface area contributed by atoms with E-state index in [9.17, 15) is 13.9 Å². The van der Waals surface area contributed by atoms with Gasteiger partial charge in [-0.1, -0.05) is 0 Å². The van der Waals surface area contributed by atoms with Crippen LogP contribution in [0.25, 0.3) is 0 Å². The van der Waals surface area contributed by atoms with Crippen LogP contribution in [-0.2, 0) is 0 Å². The van der Waals surface area contributed by atoms with E-state index >= 15 is 0 Å². The van der Waals surface area contributed by atoms with Crippen molar-refractivity contribution in [3.63, 3.8) is 0 Å². The summed E-state index contributed by atoms with van der Waals surface area (Å²) in [7, 11) is 0. The van der Waals surface area contributed by atoms with E-state index in [4.69, 9.17) is 5.73 Å². The van der Waals surface area contributed by atoms with Gasteiger partial charge in [-0.05, 0) is 25.5 Å². The maximum absolute atomic E-state index is 13.2. The monoisotopic (exact) mass is 201 g/mol. The Morgan fingerprint density at radius 1 is 1.29 bits per heavy atom. The number of rotatable bonds is 2. The Labute approximate surface area is 81.4 Å². The summed E-state index contributed by atoms with van der Waals surface area (Å²) in [6.07, 6.45) is -1.10. The molecule has 78 valence electrons. The molecule has 1 aromatic carbocycles. The molecule has 0 heterocycles. The van der Waals surface area contributed by atoms with Crippen LogP contribution in [0.5, 0.6) is 0 Å². The van der Waals surface area contributed by atoms with Gasteiger partial charge < -0.3 is 10.8 Å². The standard InChI is InChI=1S/C10H13F2NO/c1-5-3-7(10(14)6(2)13)9(12)4-8(5)11/h3-4,6,10,14H,13H2,1-2H3/t6-,10-/m0/s1. The van der Waals surface area contributed by atoms with E-state index in [1.807, 2.05) is 0 Å². The fourth-order valence-corrected chi connectivity index (χ4v) is 1.19. The van der Waals surface area contributed by atoms with Gasteiger partial charge in [0.05, 0.1) is 6.10 Å². The quantitative estimate of drug-likeness (QED) is 0.764. The lowest BCUT2D eigenvalue weighted by atomic mass is 10.0. The van der Waals surface area contributed by atoms with Crippen molar-refractivity contribution < 1.29 is 13.9 Å². The van der Waals surface area contributed by atoms with Crippen molar-refractivity contribution in [3.8, 4) is 0 Å². The molecule has 3 N–H and O–H groups in total. The van der Waals surface area contributed by atoms with Crippen molar-refractivity contribution in [2.45, 2.75) is 26.0 Å². The summed E-state index contributed by atoms with van der Waals surface area (Å²) in [5, 5.41) is 9.51. The number of halogens is 2. The van der Waals surface area contributed by atoms with Crippen molar-refractivity contribution in [2.75, 3.05) is 0 Å². The lowest BCUT2D eigenvalue weighted by Gasteiger charge is -2.16. The molecule has 1 rings (SSSR count). The smallest absolute Gasteiger partial charge is 0.131 e. The topological polar surface area (TPSA) is 46.2 Å². The van der Waals surface area contributed by atoms with Gasteiger partial charge in [0.2, 0.25) is 0 Å². The number of hydrogen-bond acceptors (Lipinski definition) is 2. The summed E-state index contributed by atoms with van der Waals surface area (Å²) in [6.45, 7) is 3.06. The summed E-state index contributed by atoms with van der Waals surface area (Å²) in [5.74, 6) is -1.39. The molecule has 0 saturated carbocycles. The van der Waals surface area contributed by atoms with E-state index < -0.39 is 23.8 Å². The minimum atomic E-state index is -1.10. The van der Waals surface area contributed by atoms with Gasteiger partial charge in [0.25, 0.3) is 0 Å². The first-order valence-corrected chi connectivity index (χ1v) is 4.32. The third-order valence-electron chi connectivity index (χ3n) is 2.09. The second kappa shape index (κ2) is 4.02. The average Bonchev–Trinajstić information content (AvgIpc) is 2.10. The van der Waals surface area contributed by atoms with Crippen LogP contribution in [0.4, 0.5) is 8.78 Å². The first-order valence-electron chi connectivity index (χ1n) is 4.32. The van der Waals surface area contributed by atoms with Gasteiger partial charge in [-0.15, -0.1) is 0 Å². The Hall–Kier alpha value is -1.00. The number of benzene rings is 1. The molecule has 0 saturated heterocycles. The van der Waals surface area contributed by atoms with Gasteiger partial charge >= 0.3 is 0 Å². The first-order chi connectivity index (χ1) is 6.43. The molecule has 4 heteroatoms. The summed E-state index contributed by atoms with van der Waals surface area (Å²) in [6, 6.07) is 1.45. The molecule has 0 unspecified atom stereocenters. The van der Waals surface area contributed by atoms with E-state index in [0.29, 0.717) is 5.56 Å². The molecule has 0 radical (unpaired) electrons. The predicted molar refractivity (Wildman–Crippen MR) is 49.7 cm³/mol. The molecule has 0 aliphatic heterocycles. The van der Waals surface area contributed by atoms with Gasteiger partial charge in [-0.3, -0.25) is 0 Å². The molecule has 1 aromatic rings. The van der Waals surface area contributed by atoms with Gasteiger partial charge in [0, 0.05) is 17.7 Å². The van der Waals surface area contributed by atoms with Crippen LogP contribution in [0.3, 0.4) is 0 Å². The van der Waals surface area contributed by atoms with Gasteiger partial charge in [0.1, 0.15) is 11.6 Å². The Balaban J connectivity index is 3.15. The Bertz CT molecular complexity index is 339. The second-order valence-corrected chi connectivity index (χ2v) is 3.43. The molecule has 0 aromatic heterocycles. The van der Waals surface area contributed by atoms with E-state index in [1.54, 1.807) is 6.92 Å². The van der Waals surface area contributed by atoms with Crippen molar-refractivity contribution in [3.05, 3.63) is 34.9 Å². The fraction of sp³-hybridized carbons (Fsp3) is 0.400. The highest BCUT2D eigenvalue weighted by Gasteiger charge is 2.18. The van der Waals surface area contributed by atoms with Crippen LogP contribution in [0.1, 0.15) is 24.2 Å². The molecular formula is C10H13F2NO. The highest BCUT2D eigenvalue weighted by molar-refractivity contribution is 5.28. The molecule has 2 nitrogen and oxygen atoms in total. The van der Waals surface area contributed by atoms with Crippen LogP contribution >= 0.6 is 0 Å². The summed E-state index contributed by atoms with van der Waals surface area (Å²) in [5.41, 5.74) is 5.75. The number of aryl methyl sites for hydroxylation is 1. The first kappa shape index (κ1) is 11.1. The van der Waals surface area contributed by atoms with Gasteiger partial charge in [0.15, 0.2) is 0 Å². The molecule has 0 spiro atoms. The Kier molecular flexibility index (Phi) is 3.18. The molecule has 0 aliphatic rings. The Morgan fingerprint density at radius 3 is 2.36 bits per heavy atom. The Morgan fingerprint density at radius 2 is 1.86 bits per heavy atom. The van der Waals surface area contributed by atoms with E-state index in [-0.39, 0.29) is 5.56 Å². The summed E-state index contributed by atoms with van der Waals surface area (Å²) >= 11 is 0. The zero-order valence-electron chi connectivity index (χ0n) is 8.09. The third kappa shape index (κ3) is 2.08.